The number of aryl methyl sites for hydroxylation is 2. The molecule has 1 amide bonds. The van der Waals surface area contributed by atoms with Crippen LogP contribution in [0.1, 0.15) is 41.3 Å². The number of aromatic nitrogens is 1. The number of fused-ring (bicyclic) bond motifs is 1. The second-order valence-electron chi connectivity index (χ2n) is 5.37. The molecular weight excluding hydrogens is 294 g/mol. The normalized spacial score (nSPS) is 21.1. The van der Waals surface area contributed by atoms with E-state index in [4.69, 9.17) is 4.98 Å². The van der Waals surface area contributed by atoms with Crippen molar-refractivity contribution in [2.45, 2.75) is 51.0 Å². The second-order valence-corrected chi connectivity index (χ2v) is 6.54. The molecule has 0 aromatic carbocycles. The van der Waals surface area contributed by atoms with Gasteiger partial charge in [0, 0.05) is 17.8 Å². The number of hydrogen-bond acceptors (Lipinski definition) is 4. The highest BCUT2D eigenvalue weighted by atomic mass is 35.5. The number of amides is 1. The van der Waals surface area contributed by atoms with Crippen LogP contribution in [0.25, 0.3) is 0 Å². The van der Waals surface area contributed by atoms with Crippen LogP contribution in [0.3, 0.4) is 0 Å². The first kappa shape index (κ1) is 15.7. The lowest BCUT2D eigenvalue weighted by molar-refractivity contribution is -0.122. The predicted molar refractivity (Wildman–Crippen MR) is 83.7 cm³/mol. The zero-order valence-electron chi connectivity index (χ0n) is 11.6. The van der Waals surface area contributed by atoms with E-state index in [1.165, 1.54) is 34.8 Å². The van der Waals surface area contributed by atoms with E-state index in [1.807, 2.05) is 11.3 Å². The molecule has 0 saturated carbocycles. The summed E-state index contributed by atoms with van der Waals surface area (Å²) in [5, 5.41) is 7.43. The maximum atomic E-state index is 11.8. The lowest BCUT2D eigenvalue weighted by Crippen LogP contribution is -2.41. The maximum absolute atomic E-state index is 11.8. The van der Waals surface area contributed by atoms with Crippen LogP contribution in [0.4, 0.5) is 0 Å². The molecule has 0 spiro atoms. The van der Waals surface area contributed by atoms with Gasteiger partial charge in [-0.1, -0.05) is 0 Å². The fourth-order valence-corrected chi connectivity index (χ4v) is 3.99. The molecule has 4 nitrogen and oxygen atoms in total. The Kier molecular flexibility index (Phi) is 5.81. The first-order valence-corrected chi connectivity index (χ1v) is 8.13. The van der Waals surface area contributed by atoms with Crippen molar-refractivity contribution in [3.05, 3.63) is 15.6 Å². The van der Waals surface area contributed by atoms with E-state index in [0.717, 1.165) is 32.2 Å². The third-order valence-corrected chi connectivity index (χ3v) is 5.12. The molecule has 1 unspecified atom stereocenters. The van der Waals surface area contributed by atoms with Gasteiger partial charge < -0.3 is 10.6 Å². The summed E-state index contributed by atoms with van der Waals surface area (Å²) in [4.78, 5) is 18.0. The summed E-state index contributed by atoms with van der Waals surface area (Å²) >= 11 is 1.84. The van der Waals surface area contributed by atoms with Crippen molar-refractivity contribution in [3.8, 4) is 0 Å². The topological polar surface area (TPSA) is 54.0 Å². The van der Waals surface area contributed by atoms with Gasteiger partial charge in [-0.05, 0) is 45.1 Å². The van der Waals surface area contributed by atoms with Gasteiger partial charge in [-0.2, -0.15) is 0 Å². The summed E-state index contributed by atoms with van der Waals surface area (Å²) in [6.07, 6.45) is 7.87. The van der Waals surface area contributed by atoms with Crippen molar-refractivity contribution in [2.24, 2.45) is 0 Å². The summed E-state index contributed by atoms with van der Waals surface area (Å²) in [5.74, 6) is 0.152. The minimum atomic E-state index is 0. The third-order valence-electron chi connectivity index (χ3n) is 3.90. The van der Waals surface area contributed by atoms with Gasteiger partial charge in [0.25, 0.3) is 0 Å². The Hall–Kier alpha value is -0.650. The largest absolute Gasteiger partial charge is 0.354 e. The molecule has 2 aliphatic rings. The molecule has 1 fully saturated rings. The Labute approximate surface area is 130 Å². The van der Waals surface area contributed by atoms with E-state index < -0.39 is 0 Å². The Morgan fingerprint density at radius 3 is 2.95 bits per heavy atom. The molecule has 1 atom stereocenters. The molecule has 112 valence electrons. The van der Waals surface area contributed by atoms with Crippen molar-refractivity contribution in [1.29, 1.82) is 0 Å². The van der Waals surface area contributed by atoms with Crippen LogP contribution < -0.4 is 10.6 Å². The van der Waals surface area contributed by atoms with Crippen LogP contribution in [-0.2, 0) is 24.1 Å². The lowest BCUT2D eigenvalue weighted by Gasteiger charge is -2.10. The van der Waals surface area contributed by atoms with E-state index in [1.54, 1.807) is 0 Å². The lowest BCUT2D eigenvalue weighted by atomic mass is 10.0. The van der Waals surface area contributed by atoms with E-state index in [-0.39, 0.29) is 24.4 Å². The van der Waals surface area contributed by atoms with Gasteiger partial charge in [-0.15, -0.1) is 23.7 Å². The van der Waals surface area contributed by atoms with Crippen LogP contribution in [-0.4, -0.2) is 30.0 Å². The molecule has 1 aliphatic heterocycles. The Balaban J connectivity index is 0.00000147. The van der Waals surface area contributed by atoms with Gasteiger partial charge in [0.05, 0.1) is 16.7 Å². The smallest absolute Gasteiger partial charge is 0.237 e. The van der Waals surface area contributed by atoms with Gasteiger partial charge >= 0.3 is 0 Å². The molecule has 6 heteroatoms. The van der Waals surface area contributed by atoms with Gasteiger partial charge in [-0.3, -0.25) is 4.79 Å². The third kappa shape index (κ3) is 3.71. The Morgan fingerprint density at radius 2 is 2.20 bits per heavy atom. The van der Waals surface area contributed by atoms with E-state index >= 15 is 0 Å². The zero-order chi connectivity index (χ0) is 13.1. The quantitative estimate of drug-likeness (QED) is 0.891. The number of carbonyl (C=O) groups excluding carboxylic acids is 1. The molecule has 2 heterocycles. The molecule has 1 aliphatic carbocycles. The average molecular weight is 316 g/mol. The van der Waals surface area contributed by atoms with Gasteiger partial charge in [-0.25, -0.2) is 4.98 Å². The SMILES string of the molecule is Cl.O=C(NCCc1nc2c(s1)CCCC2)C1CCCN1. The van der Waals surface area contributed by atoms with Crippen molar-refractivity contribution in [1.82, 2.24) is 15.6 Å². The number of carbonyl (C=O) groups is 1. The highest BCUT2D eigenvalue weighted by Crippen LogP contribution is 2.26. The van der Waals surface area contributed by atoms with Crippen LogP contribution in [0, 0.1) is 0 Å². The van der Waals surface area contributed by atoms with Crippen LogP contribution in [0.15, 0.2) is 0 Å². The monoisotopic (exact) mass is 315 g/mol. The van der Waals surface area contributed by atoms with Crippen molar-refractivity contribution in [3.63, 3.8) is 0 Å². The molecule has 0 bridgehead atoms. The summed E-state index contributed by atoms with van der Waals surface area (Å²) < 4.78 is 0. The molecule has 3 rings (SSSR count). The van der Waals surface area contributed by atoms with E-state index in [9.17, 15) is 4.79 Å². The van der Waals surface area contributed by atoms with Crippen molar-refractivity contribution < 1.29 is 4.79 Å². The standard InChI is InChI=1S/C14H21N3OS.ClH/c18-14(11-5-3-8-15-11)16-9-7-13-17-10-4-1-2-6-12(10)19-13;/h11,15H,1-9H2,(H,16,18);1H. The predicted octanol–water partition coefficient (Wildman–Crippen LogP) is 1.85. The molecule has 1 aromatic rings. The van der Waals surface area contributed by atoms with Crippen LogP contribution >= 0.6 is 23.7 Å². The molecular formula is C14H22ClN3OS. The zero-order valence-corrected chi connectivity index (χ0v) is 13.2. The van der Waals surface area contributed by atoms with Gasteiger partial charge in [0.1, 0.15) is 0 Å². The highest BCUT2D eigenvalue weighted by Gasteiger charge is 2.21. The number of nitrogens with one attached hydrogen (secondary N) is 2. The summed E-state index contributed by atoms with van der Waals surface area (Å²) in [6.45, 7) is 1.68. The average Bonchev–Trinajstić information content (AvgIpc) is 3.07. The maximum Gasteiger partial charge on any atom is 0.237 e. The first-order valence-electron chi connectivity index (χ1n) is 7.31. The number of hydrogen-bond donors (Lipinski definition) is 2. The van der Waals surface area contributed by atoms with E-state index in [2.05, 4.69) is 10.6 Å². The van der Waals surface area contributed by atoms with Crippen LogP contribution in [0.2, 0.25) is 0 Å². The van der Waals surface area contributed by atoms with Gasteiger partial charge in [0.2, 0.25) is 5.91 Å². The van der Waals surface area contributed by atoms with Gasteiger partial charge in [0.15, 0.2) is 0 Å². The Morgan fingerprint density at radius 1 is 1.35 bits per heavy atom. The number of rotatable bonds is 4. The number of nitrogens with zero attached hydrogens (tertiary/aromatic N) is 1. The number of thiazole rings is 1. The van der Waals surface area contributed by atoms with Crippen molar-refractivity contribution >= 4 is 29.7 Å². The molecule has 0 radical (unpaired) electrons. The first-order chi connectivity index (χ1) is 9.33. The summed E-state index contributed by atoms with van der Waals surface area (Å²) in [5.41, 5.74) is 1.31. The molecule has 1 aromatic heterocycles. The molecule has 20 heavy (non-hydrogen) atoms. The van der Waals surface area contributed by atoms with Crippen molar-refractivity contribution in [2.75, 3.05) is 13.1 Å². The fourth-order valence-electron chi connectivity index (χ4n) is 2.84. The minimum absolute atomic E-state index is 0. The second kappa shape index (κ2) is 7.38. The van der Waals surface area contributed by atoms with E-state index in [0.29, 0.717) is 6.54 Å². The minimum Gasteiger partial charge on any atom is -0.354 e. The molecule has 1 saturated heterocycles. The molecule has 2 N–H and O–H groups in total. The van der Waals surface area contributed by atoms with Crippen LogP contribution in [0.5, 0.6) is 0 Å². The fraction of sp³-hybridized carbons (Fsp3) is 0.714. The highest BCUT2D eigenvalue weighted by molar-refractivity contribution is 7.11. The Bertz CT molecular complexity index is 434. The number of halogens is 1. The summed E-state index contributed by atoms with van der Waals surface area (Å²) in [7, 11) is 0. The summed E-state index contributed by atoms with van der Waals surface area (Å²) in [6, 6.07) is 0.0319.